The molecule has 4 aromatic heterocycles. The van der Waals surface area contributed by atoms with Gasteiger partial charge in [0.25, 0.3) is 11.8 Å². The molecule has 4 aromatic rings. The van der Waals surface area contributed by atoms with Gasteiger partial charge >= 0.3 is 0 Å². The van der Waals surface area contributed by atoms with Gasteiger partial charge in [-0.3, -0.25) is 19.0 Å². The summed E-state index contributed by atoms with van der Waals surface area (Å²) in [6.07, 6.45) is 6.79. The third-order valence-electron chi connectivity index (χ3n) is 7.62. The number of carbonyl (C=O) groups excluding carboxylic acids is 2. The van der Waals surface area contributed by atoms with Crippen molar-refractivity contribution in [2.75, 3.05) is 37.1 Å². The first-order valence-corrected chi connectivity index (χ1v) is 14.7. The fourth-order valence-electron chi connectivity index (χ4n) is 5.24. The molecule has 6 N–H and O–H groups in total. The Kier molecular flexibility index (Phi) is 10.5. The van der Waals surface area contributed by atoms with Gasteiger partial charge in [0.05, 0.1) is 49.3 Å². The number of nitrogens with one attached hydrogen (secondary N) is 2. The molecule has 6 heterocycles. The standard InChI is InChI=1S/2C15H15FN6O2/c2*16-13-5-10(1-3-19-13)20-15-11(14(18)23)7-22(21-15)12-2-4-24-8-9(12)6-17/h2*1,3,5,7,9,12H,2,4,8H2,(H2,18,23)(H,19,20,21)/t9-,12?;9-,12-/m01/s1. The molecule has 248 valence electrons. The number of rotatable bonds is 8. The van der Waals surface area contributed by atoms with Crippen molar-refractivity contribution in [3.05, 3.63) is 72.1 Å². The number of anilines is 4. The van der Waals surface area contributed by atoms with Crippen molar-refractivity contribution in [3.63, 3.8) is 0 Å². The van der Waals surface area contributed by atoms with Crippen molar-refractivity contribution in [1.29, 1.82) is 10.5 Å². The Balaban J connectivity index is 0.000000188. The van der Waals surface area contributed by atoms with Crippen LogP contribution < -0.4 is 22.1 Å². The van der Waals surface area contributed by atoms with E-state index in [1.54, 1.807) is 21.5 Å². The summed E-state index contributed by atoms with van der Waals surface area (Å²) in [5, 5.41) is 32.9. The van der Waals surface area contributed by atoms with Crippen LogP contribution in [0, 0.1) is 46.4 Å². The highest BCUT2D eigenvalue weighted by molar-refractivity contribution is 5.98. The molecule has 0 bridgehead atoms. The number of aromatic nitrogens is 6. The molecule has 2 saturated heterocycles. The van der Waals surface area contributed by atoms with Crippen LogP contribution in [0.3, 0.4) is 0 Å². The molecular weight excluding hydrogens is 630 g/mol. The predicted octanol–water partition coefficient (Wildman–Crippen LogP) is 2.72. The molecule has 2 aliphatic rings. The minimum atomic E-state index is -0.668. The number of nitrogens with zero attached hydrogens (tertiary/aromatic N) is 8. The first kappa shape index (κ1) is 33.4. The van der Waals surface area contributed by atoms with E-state index in [9.17, 15) is 28.9 Å². The highest BCUT2D eigenvalue weighted by Gasteiger charge is 2.31. The lowest BCUT2D eigenvalue weighted by Crippen LogP contribution is -2.29. The van der Waals surface area contributed by atoms with E-state index in [0.29, 0.717) is 50.6 Å². The minimum Gasteiger partial charge on any atom is -0.380 e. The molecular formula is C30H30F2N12O4. The van der Waals surface area contributed by atoms with E-state index in [-0.39, 0.29) is 46.7 Å². The lowest BCUT2D eigenvalue weighted by atomic mass is 9.97. The lowest BCUT2D eigenvalue weighted by molar-refractivity contribution is 0.0384. The number of nitrogens with two attached hydrogens (primary N) is 2. The van der Waals surface area contributed by atoms with E-state index in [0.717, 1.165) is 0 Å². The van der Waals surface area contributed by atoms with Gasteiger partial charge in [-0.2, -0.15) is 29.5 Å². The number of hydrogen-bond donors (Lipinski definition) is 4. The van der Waals surface area contributed by atoms with Gasteiger partial charge in [-0.1, -0.05) is 0 Å². The Morgan fingerprint density at radius 2 is 1.21 bits per heavy atom. The second kappa shape index (κ2) is 15.1. The average Bonchev–Trinajstić information content (AvgIpc) is 3.70. The second-order valence-corrected chi connectivity index (χ2v) is 10.8. The summed E-state index contributed by atoms with van der Waals surface area (Å²) in [5.74, 6) is -2.98. The molecule has 48 heavy (non-hydrogen) atoms. The molecule has 6 rings (SSSR count). The van der Waals surface area contributed by atoms with Gasteiger partial charge in [-0.15, -0.1) is 0 Å². The van der Waals surface area contributed by atoms with E-state index >= 15 is 0 Å². The summed E-state index contributed by atoms with van der Waals surface area (Å²) in [5.41, 5.74) is 11.9. The highest BCUT2D eigenvalue weighted by atomic mass is 19.1. The number of pyridine rings is 2. The Labute approximate surface area is 272 Å². The number of nitriles is 2. The van der Waals surface area contributed by atoms with Gasteiger partial charge < -0.3 is 31.6 Å². The van der Waals surface area contributed by atoms with Crippen molar-refractivity contribution >= 4 is 34.8 Å². The molecule has 0 aromatic carbocycles. The van der Waals surface area contributed by atoms with Crippen LogP contribution in [0.25, 0.3) is 0 Å². The van der Waals surface area contributed by atoms with E-state index in [2.05, 4.69) is 42.9 Å². The van der Waals surface area contributed by atoms with Crippen LogP contribution in [-0.2, 0) is 9.47 Å². The number of primary amides is 2. The lowest BCUT2D eigenvalue weighted by Gasteiger charge is -2.26. The molecule has 18 heteroatoms. The van der Waals surface area contributed by atoms with E-state index in [1.807, 2.05) is 0 Å². The maximum absolute atomic E-state index is 13.2. The van der Waals surface area contributed by atoms with Crippen LogP contribution >= 0.6 is 0 Å². The maximum atomic E-state index is 13.2. The zero-order valence-corrected chi connectivity index (χ0v) is 25.3. The number of ether oxygens (including phenoxy) is 2. The molecule has 4 atom stereocenters. The van der Waals surface area contributed by atoms with Gasteiger partial charge in [0.1, 0.15) is 11.1 Å². The Hall–Kier alpha value is -5.98. The Morgan fingerprint density at radius 1 is 0.792 bits per heavy atom. The van der Waals surface area contributed by atoms with Gasteiger partial charge in [-0.05, 0) is 25.0 Å². The fraction of sp³-hybridized carbons (Fsp3) is 0.333. The minimum absolute atomic E-state index is 0.162. The predicted molar refractivity (Wildman–Crippen MR) is 164 cm³/mol. The van der Waals surface area contributed by atoms with E-state index in [4.69, 9.17) is 20.9 Å². The highest BCUT2D eigenvalue weighted by Crippen LogP contribution is 2.30. The molecule has 16 nitrogen and oxygen atoms in total. The van der Waals surface area contributed by atoms with Crippen molar-refractivity contribution in [3.8, 4) is 12.1 Å². The van der Waals surface area contributed by atoms with Crippen LogP contribution in [-0.4, -0.2) is 67.8 Å². The smallest absolute Gasteiger partial charge is 0.254 e. The first-order valence-electron chi connectivity index (χ1n) is 14.7. The van der Waals surface area contributed by atoms with Crippen molar-refractivity contribution in [2.45, 2.75) is 24.9 Å². The van der Waals surface area contributed by atoms with Crippen molar-refractivity contribution in [2.24, 2.45) is 23.3 Å². The zero-order valence-electron chi connectivity index (χ0n) is 25.3. The van der Waals surface area contributed by atoms with Gasteiger partial charge in [0.2, 0.25) is 11.9 Å². The normalized spacial score (nSPS) is 20.3. The molecule has 0 radical (unpaired) electrons. The van der Waals surface area contributed by atoms with E-state index < -0.39 is 23.7 Å². The summed E-state index contributed by atoms with van der Waals surface area (Å²) in [7, 11) is 0. The number of amides is 2. The monoisotopic (exact) mass is 660 g/mol. The first-order chi connectivity index (χ1) is 23.2. The zero-order chi connectivity index (χ0) is 34.2. The summed E-state index contributed by atoms with van der Waals surface area (Å²) < 4.78 is 40.1. The van der Waals surface area contributed by atoms with Crippen LogP contribution in [0.2, 0.25) is 0 Å². The van der Waals surface area contributed by atoms with Crippen LogP contribution in [0.4, 0.5) is 31.8 Å². The Morgan fingerprint density at radius 3 is 1.56 bits per heavy atom. The topological polar surface area (TPSA) is 238 Å². The summed E-state index contributed by atoms with van der Waals surface area (Å²) in [6, 6.07) is 9.38. The second-order valence-electron chi connectivity index (χ2n) is 10.8. The third kappa shape index (κ3) is 7.86. The molecule has 0 saturated carbocycles. The largest absolute Gasteiger partial charge is 0.380 e. The van der Waals surface area contributed by atoms with Crippen LogP contribution in [0.1, 0.15) is 45.6 Å². The Bertz CT molecular complexity index is 1730. The average molecular weight is 661 g/mol. The van der Waals surface area contributed by atoms with Gasteiger partial charge in [-0.25, -0.2) is 9.97 Å². The molecule has 0 spiro atoms. The molecule has 1 unspecified atom stereocenters. The molecule has 2 amide bonds. The number of halogens is 2. The summed E-state index contributed by atoms with van der Waals surface area (Å²) >= 11 is 0. The quantitative estimate of drug-likeness (QED) is 0.200. The summed E-state index contributed by atoms with van der Waals surface area (Å²) in [4.78, 5) is 30.3. The number of hydrogen-bond acceptors (Lipinski definition) is 12. The van der Waals surface area contributed by atoms with Crippen molar-refractivity contribution < 1.29 is 27.8 Å². The molecule has 0 aliphatic carbocycles. The SMILES string of the molecule is N#C[C@@H]1COCC[C@H]1n1cc(C(N)=O)c(Nc2ccnc(F)c2)n1.N#C[C@H]1COCCC1n1cc(C(N)=O)c(Nc2ccnc(F)c2)n1. The molecule has 2 fully saturated rings. The number of carbonyl (C=O) groups is 2. The van der Waals surface area contributed by atoms with Gasteiger partial charge in [0, 0.05) is 61.5 Å². The third-order valence-corrected chi connectivity index (χ3v) is 7.62. The van der Waals surface area contributed by atoms with Crippen LogP contribution in [0.15, 0.2) is 49.1 Å². The fourth-order valence-corrected chi connectivity index (χ4v) is 5.24. The molecule has 2 aliphatic heterocycles. The van der Waals surface area contributed by atoms with Gasteiger partial charge in [0.15, 0.2) is 11.6 Å². The summed E-state index contributed by atoms with van der Waals surface area (Å²) in [6.45, 7) is 1.64. The van der Waals surface area contributed by atoms with E-state index in [1.165, 1.54) is 36.9 Å². The van der Waals surface area contributed by atoms with Crippen molar-refractivity contribution in [1.82, 2.24) is 29.5 Å². The maximum Gasteiger partial charge on any atom is 0.254 e. The van der Waals surface area contributed by atoms with Crippen LogP contribution in [0.5, 0.6) is 0 Å².